The molecule has 0 N–H and O–H groups in total. The number of rotatable bonds is 4. The lowest BCUT2D eigenvalue weighted by atomic mass is 9.91. The Kier molecular flexibility index (Phi) is 4.57. The molecule has 2 aromatic rings. The van der Waals surface area contributed by atoms with Crippen LogP contribution in [-0.2, 0) is 9.53 Å². The van der Waals surface area contributed by atoms with Crippen molar-refractivity contribution in [3.63, 3.8) is 0 Å². The number of carbonyl (C=O) groups is 2. The van der Waals surface area contributed by atoms with Crippen molar-refractivity contribution in [1.29, 1.82) is 0 Å². The molecule has 0 bridgehead atoms. The molecule has 5 heteroatoms. The zero-order valence-corrected chi connectivity index (χ0v) is 14.9. The molecular formula is C20H22N2O3. The van der Waals surface area contributed by atoms with Crippen LogP contribution < -0.4 is 4.90 Å². The van der Waals surface area contributed by atoms with Gasteiger partial charge in [0.05, 0.1) is 30.5 Å². The van der Waals surface area contributed by atoms with Gasteiger partial charge in [-0.1, -0.05) is 6.07 Å². The van der Waals surface area contributed by atoms with E-state index in [1.165, 1.54) is 0 Å². The first-order valence-electron chi connectivity index (χ1n) is 8.47. The molecule has 0 spiro atoms. The Morgan fingerprint density at radius 3 is 2.68 bits per heavy atom. The van der Waals surface area contributed by atoms with Crippen LogP contribution in [0.15, 0.2) is 36.7 Å². The number of fused-ring (bicyclic) bond motifs is 1. The highest BCUT2D eigenvalue weighted by atomic mass is 16.5. The molecule has 0 radical (unpaired) electrons. The summed E-state index contributed by atoms with van der Waals surface area (Å²) in [5, 5.41) is 0. The van der Waals surface area contributed by atoms with Gasteiger partial charge in [-0.25, -0.2) is 0 Å². The number of pyridine rings is 1. The largest absolute Gasteiger partial charge is 0.466 e. The van der Waals surface area contributed by atoms with E-state index in [0.717, 1.165) is 16.7 Å². The molecule has 0 aliphatic carbocycles. The first-order valence-corrected chi connectivity index (χ1v) is 8.47. The Morgan fingerprint density at radius 2 is 2.04 bits per heavy atom. The zero-order valence-electron chi connectivity index (χ0n) is 14.9. The van der Waals surface area contributed by atoms with E-state index in [-0.39, 0.29) is 11.9 Å². The molecule has 1 aromatic heterocycles. The molecule has 2 heterocycles. The molecule has 5 nitrogen and oxygen atoms in total. The highest BCUT2D eigenvalue weighted by molar-refractivity contribution is 6.11. The Balaban J connectivity index is 2.14. The van der Waals surface area contributed by atoms with Crippen molar-refractivity contribution >= 4 is 17.6 Å². The third kappa shape index (κ3) is 2.90. The summed E-state index contributed by atoms with van der Waals surface area (Å²) in [6, 6.07) is 7.15. The van der Waals surface area contributed by atoms with E-state index < -0.39 is 12.0 Å². The predicted octanol–water partition coefficient (Wildman–Crippen LogP) is 3.60. The van der Waals surface area contributed by atoms with Crippen LogP contribution in [0.5, 0.6) is 0 Å². The topological polar surface area (TPSA) is 59.5 Å². The first kappa shape index (κ1) is 17.1. The molecule has 2 unspecified atom stereocenters. The van der Waals surface area contributed by atoms with E-state index in [2.05, 4.69) is 4.98 Å². The normalized spacial score (nSPS) is 17.4. The van der Waals surface area contributed by atoms with Gasteiger partial charge in [-0.2, -0.15) is 0 Å². The Bertz CT molecular complexity index is 817. The van der Waals surface area contributed by atoms with Gasteiger partial charge < -0.3 is 4.74 Å². The van der Waals surface area contributed by atoms with Crippen LogP contribution in [0.2, 0.25) is 0 Å². The lowest BCUT2D eigenvalue weighted by Gasteiger charge is -2.29. The highest BCUT2D eigenvalue weighted by Crippen LogP contribution is 2.42. The van der Waals surface area contributed by atoms with Crippen LogP contribution >= 0.6 is 0 Å². The Hall–Kier alpha value is -2.69. The summed E-state index contributed by atoms with van der Waals surface area (Å²) in [6.07, 6.45) is 3.31. The van der Waals surface area contributed by atoms with Gasteiger partial charge in [0.1, 0.15) is 0 Å². The number of amides is 1. The van der Waals surface area contributed by atoms with Crippen molar-refractivity contribution in [3.05, 3.63) is 58.9 Å². The Morgan fingerprint density at radius 1 is 1.32 bits per heavy atom. The number of ether oxygens (including phenoxy) is 1. The number of anilines is 1. The second-order valence-electron chi connectivity index (χ2n) is 6.40. The lowest BCUT2D eigenvalue weighted by Crippen LogP contribution is -2.35. The zero-order chi connectivity index (χ0) is 18.1. The van der Waals surface area contributed by atoms with E-state index in [0.29, 0.717) is 17.9 Å². The van der Waals surface area contributed by atoms with Crippen molar-refractivity contribution in [3.8, 4) is 0 Å². The maximum atomic E-state index is 13.1. The average Bonchev–Trinajstić information content (AvgIpc) is 2.88. The van der Waals surface area contributed by atoms with E-state index in [4.69, 9.17) is 4.74 Å². The fourth-order valence-electron chi connectivity index (χ4n) is 3.33. The van der Waals surface area contributed by atoms with Crippen LogP contribution in [0.4, 0.5) is 5.69 Å². The fraction of sp³-hybridized carbons (Fsp3) is 0.350. The van der Waals surface area contributed by atoms with E-state index in [1.807, 2.05) is 39.0 Å². The number of aromatic nitrogens is 1. The van der Waals surface area contributed by atoms with Crippen LogP contribution in [0, 0.1) is 19.8 Å². The summed E-state index contributed by atoms with van der Waals surface area (Å²) in [5.41, 5.74) is 4.36. The second kappa shape index (κ2) is 6.67. The highest BCUT2D eigenvalue weighted by Gasteiger charge is 2.43. The molecule has 3 rings (SSSR count). The van der Waals surface area contributed by atoms with Gasteiger partial charge in [-0.3, -0.25) is 19.5 Å². The maximum Gasteiger partial charge on any atom is 0.311 e. The third-order valence-electron chi connectivity index (χ3n) is 4.77. The number of carbonyl (C=O) groups excluding carboxylic acids is 2. The molecule has 25 heavy (non-hydrogen) atoms. The average molecular weight is 338 g/mol. The SMILES string of the molecule is CCOC(=O)C(C)C1c2cc(C)c(C)cc2C(=O)N1c1cccnc1. The molecule has 130 valence electrons. The van der Waals surface area contributed by atoms with Gasteiger partial charge >= 0.3 is 5.97 Å². The summed E-state index contributed by atoms with van der Waals surface area (Å²) in [6.45, 7) is 7.91. The van der Waals surface area contributed by atoms with Gasteiger partial charge in [0.25, 0.3) is 5.91 Å². The lowest BCUT2D eigenvalue weighted by molar-refractivity contribution is -0.148. The Labute approximate surface area is 147 Å². The number of benzene rings is 1. The molecule has 1 aliphatic rings. The molecule has 0 saturated carbocycles. The van der Waals surface area contributed by atoms with E-state index in [9.17, 15) is 9.59 Å². The van der Waals surface area contributed by atoms with Crippen molar-refractivity contribution in [2.24, 2.45) is 5.92 Å². The number of nitrogens with zero attached hydrogens (tertiary/aromatic N) is 2. The molecule has 1 aromatic carbocycles. The first-order chi connectivity index (χ1) is 12.0. The monoisotopic (exact) mass is 338 g/mol. The number of esters is 1. The van der Waals surface area contributed by atoms with Gasteiger partial charge in [0.15, 0.2) is 0 Å². The van der Waals surface area contributed by atoms with Gasteiger partial charge in [-0.15, -0.1) is 0 Å². The summed E-state index contributed by atoms with van der Waals surface area (Å²) < 4.78 is 5.21. The van der Waals surface area contributed by atoms with Crippen LogP contribution in [0.1, 0.15) is 46.9 Å². The third-order valence-corrected chi connectivity index (χ3v) is 4.77. The quantitative estimate of drug-likeness (QED) is 0.799. The van der Waals surface area contributed by atoms with Gasteiger partial charge in [-0.05, 0) is 62.6 Å². The van der Waals surface area contributed by atoms with Gasteiger partial charge in [0.2, 0.25) is 0 Å². The van der Waals surface area contributed by atoms with Crippen molar-refractivity contribution in [1.82, 2.24) is 4.98 Å². The smallest absolute Gasteiger partial charge is 0.311 e. The van der Waals surface area contributed by atoms with Crippen molar-refractivity contribution in [2.45, 2.75) is 33.7 Å². The minimum Gasteiger partial charge on any atom is -0.466 e. The minimum atomic E-state index is -0.479. The number of hydrogen-bond acceptors (Lipinski definition) is 4. The van der Waals surface area contributed by atoms with Gasteiger partial charge in [0, 0.05) is 11.8 Å². The van der Waals surface area contributed by atoms with Crippen molar-refractivity contribution < 1.29 is 14.3 Å². The summed E-state index contributed by atoms with van der Waals surface area (Å²) in [7, 11) is 0. The number of aryl methyl sites for hydroxylation is 2. The van der Waals surface area contributed by atoms with Crippen molar-refractivity contribution in [2.75, 3.05) is 11.5 Å². The molecule has 2 atom stereocenters. The second-order valence-corrected chi connectivity index (χ2v) is 6.40. The summed E-state index contributed by atoms with van der Waals surface area (Å²) in [5.74, 6) is -0.889. The minimum absolute atomic E-state index is 0.104. The molecule has 0 fully saturated rings. The van der Waals surface area contributed by atoms with Crippen LogP contribution in [0.3, 0.4) is 0 Å². The van der Waals surface area contributed by atoms with E-state index >= 15 is 0 Å². The fourth-order valence-corrected chi connectivity index (χ4v) is 3.33. The number of hydrogen-bond donors (Lipinski definition) is 0. The van der Waals surface area contributed by atoms with Crippen LogP contribution in [-0.4, -0.2) is 23.5 Å². The maximum absolute atomic E-state index is 13.1. The molecule has 1 amide bonds. The van der Waals surface area contributed by atoms with Crippen LogP contribution in [0.25, 0.3) is 0 Å². The predicted molar refractivity (Wildman–Crippen MR) is 95.5 cm³/mol. The summed E-state index contributed by atoms with van der Waals surface area (Å²) >= 11 is 0. The van der Waals surface area contributed by atoms with E-state index in [1.54, 1.807) is 30.3 Å². The molecular weight excluding hydrogens is 316 g/mol. The summed E-state index contributed by atoms with van der Waals surface area (Å²) in [4.78, 5) is 31.3. The standard InChI is InChI=1S/C20H22N2O3/c1-5-25-20(24)14(4)18-16-9-12(2)13(3)10-17(16)19(23)22(18)15-7-6-8-21-11-15/h6-11,14,18H,5H2,1-4H3. The molecule has 0 saturated heterocycles. The molecule has 1 aliphatic heterocycles.